The Morgan fingerprint density at radius 3 is 2.15 bits per heavy atom. The van der Waals surface area contributed by atoms with Gasteiger partial charge >= 0.3 is 12.2 Å². The Labute approximate surface area is 208 Å². The van der Waals surface area contributed by atoms with E-state index in [1.807, 2.05) is 24.3 Å². The number of halogens is 1. The van der Waals surface area contributed by atoms with E-state index < -0.39 is 47.4 Å². The number of aliphatic hydroxyl groups is 1. The smallest absolute Gasteiger partial charge is 0.407 e. The fourth-order valence-corrected chi connectivity index (χ4v) is 3.17. The molecule has 0 saturated carbocycles. The molecule has 0 saturated heterocycles. The topological polar surface area (TPSA) is 152 Å². The highest BCUT2D eigenvalue weighted by Crippen LogP contribution is 2.22. The van der Waals surface area contributed by atoms with E-state index in [0.29, 0.717) is 6.42 Å². The lowest BCUT2D eigenvalue weighted by Crippen LogP contribution is -2.55. The van der Waals surface area contributed by atoms with Crippen molar-refractivity contribution in [2.24, 2.45) is 11.1 Å². The van der Waals surface area contributed by atoms with E-state index in [-0.39, 0.29) is 6.54 Å². The Kier molecular flexibility index (Phi) is 10.8. The van der Waals surface area contributed by atoms with Crippen LogP contribution in [0.3, 0.4) is 0 Å². The van der Waals surface area contributed by atoms with E-state index in [4.69, 9.17) is 15.2 Å². The number of rotatable bonds is 9. The minimum atomic E-state index is -1.14. The van der Waals surface area contributed by atoms with Gasteiger partial charge in [-0.25, -0.2) is 15.0 Å². The molecule has 11 heteroatoms. The van der Waals surface area contributed by atoms with Crippen LogP contribution in [0.5, 0.6) is 0 Å². The fraction of sp³-hybridized carbons (Fsp3) is 0.591. The highest BCUT2D eigenvalue weighted by molar-refractivity contribution is 14.1. The summed E-state index contributed by atoms with van der Waals surface area (Å²) in [6, 6.07) is 6.96. The number of amides is 3. The van der Waals surface area contributed by atoms with Gasteiger partial charge in [0.05, 0.1) is 12.1 Å². The summed E-state index contributed by atoms with van der Waals surface area (Å²) < 4.78 is 11.3. The van der Waals surface area contributed by atoms with Gasteiger partial charge in [-0.15, -0.1) is 0 Å². The number of carbonyl (C=O) groups excluding carboxylic acids is 3. The third-order valence-corrected chi connectivity index (χ3v) is 5.04. The molecule has 1 aromatic carbocycles. The van der Waals surface area contributed by atoms with Crippen molar-refractivity contribution in [3.05, 3.63) is 33.4 Å². The first-order valence-electron chi connectivity index (χ1n) is 10.5. The number of alkyl carbamates (subject to hydrolysis) is 1. The van der Waals surface area contributed by atoms with Gasteiger partial charge in [-0.3, -0.25) is 10.2 Å². The largest absolute Gasteiger partial charge is 0.444 e. The molecule has 0 aliphatic heterocycles. The van der Waals surface area contributed by atoms with Crippen molar-refractivity contribution < 1.29 is 29.0 Å². The summed E-state index contributed by atoms with van der Waals surface area (Å²) in [6.07, 6.45) is -3.61. The van der Waals surface area contributed by atoms with Crippen molar-refractivity contribution in [3.63, 3.8) is 0 Å². The number of carbonyl (C=O) groups is 3. The van der Waals surface area contributed by atoms with Gasteiger partial charge in [0, 0.05) is 15.5 Å². The number of primary amides is 1. The van der Waals surface area contributed by atoms with Crippen molar-refractivity contribution in [3.8, 4) is 0 Å². The molecule has 0 fully saturated rings. The maximum Gasteiger partial charge on any atom is 0.407 e. The summed E-state index contributed by atoms with van der Waals surface area (Å²) in [4.78, 5) is 35.9. The van der Waals surface area contributed by atoms with Gasteiger partial charge in [0.1, 0.15) is 5.60 Å². The number of nitrogens with one attached hydrogen (secondary N) is 3. The summed E-state index contributed by atoms with van der Waals surface area (Å²) >= 11 is 2.19. The Morgan fingerprint density at radius 1 is 1.09 bits per heavy atom. The maximum atomic E-state index is 12.5. The Morgan fingerprint density at radius 2 is 1.67 bits per heavy atom. The molecule has 186 valence electrons. The molecule has 1 aromatic rings. The lowest BCUT2D eigenvalue weighted by atomic mass is 9.88. The van der Waals surface area contributed by atoms with Gasteiger partial charge in [0.25, 0.3) is 5.91 Å². The van der Waals surface area contributed by atoms with Gasteiger partial charge in [-0.1, -0.05) is 32.9 Å². The van der Waals surface area contributed by atoms with Crippen molar-refractivity contribution >= 4 is 40.7 Å². The first kappa shape index (κ1) is 28.9. The van der Waals surface area contributed by atoms with Crippen LogP contribution >= 0.6 is 22.6 Å². The highest BCUT2D eigenvalue weighted by atomic mass is 127. The molecular weight excluding hydrogens is 543 g/mol. The standard InChI is InChI=1S/C22H35IN4O6/c1-21(2,3)17(32-19(24)30)18(29)27-25-12-16(28)15(26-20(31)33-22(4,5)6)11-13-7-9-14(23)10-8-13/h7-10,15-17,25,28H,11-12H2,1-6H3,(H2,24,30)(H,26,31)(H,27,29). The van der Waals surface area contributed by atoms with Crippen LogP contribution in [0.25, 0.3) is 0 Å². The second kappa shape index (κ2) is 12.4. The second-order valence-corrected chi connectivity index (χ2v) is 10.9. The van der Waals surface area contributed by atoms with Gasteiger partial charge < -0.3 is 25.6 Å². The van der Waals surface area contributed by atoms with E-state index >= 15 is 0 Å². The summed E-state index contributed by atoms with van der Waals surface area (Å²) in [5.41, 5.74) is 9.62. The monoisotopic (exact) mass is 578 g/mol. The predicted molar refractivity (Wildman–Crippen MR) is 132 cm³/mol. The van der Waals surface area contributed by atoms with Gasteiger partial charge in [0.15, 0.2) is 6.10 Å². The zero-order chi connectivity index (χ0) is 25.4. The van der Waals surface area contributed by atoms with Crippen molar-refractivity contribution in [1.29, 1.82) is 0 Å². The van der Waals surface area contributed by atoms with Crippen LogP contribution in [0.2, 0.25) is 0 Å². The van der Waals surface area contributed by atoms with Crippen LogP contribution in [0.15, 0.2) is 24.3 Å². The third kappa shape index (κ3) is 11.5. The average molecular weight is 578 g/mol. The van der Waals surface area contributed by atoms with E-state index in [1.165, 1.54) is 0 Å². The van der Waals surface area contributed by atoms with E-state index in [9.17, 15) is 19.5 Å². The minimum Gasteiger partial charge on any atom is -0.444 e. The second-order valence-electron chi connectivity index (χ2n) is 9.70. The lowest BCUT2D eigenvalue weighted by molar-refractivity contribution is -0.135. The predicted octanol–water partition coefficient (Wildman–Crippen LogP) is 2.22. The Bertz CT molecular complexity index is 805. The van der Waals surface area contributed by atoms with Crippen molar-refractivity contribution in [1.82, 2.24) is 16.2 Å². The van der Waals surface area contributed by atoms with Crippen LogP contribution in [-0.2, 0) is 20.7 Å². The summed E-state index contributed by atoms with van der Waals surface area (Å²) in [5.74, 6) is -0.622. The van der Waals surface area contributed by atoms with Crippen LogP contribution in [-0.4, -0.2) is 53.6 Å². The maximum absolute atomic E-state index is 12.5. The number of nitrogens with two attached hydrogens (primary N) is 1. The Balaban J connectivity index is 2.82. The molecule has 0 aliphatic rings. The summed E-state index contributed by atoms with van der Waals surface area (Å²) in [6.45, 7) is 10.3. The van der Waals surface area contributed by atoms with Gasteiger partial charge in [-0.05, 0) is 67.5 Å². The number of benzene rings is 1. The molecule has 0 aromatic heterocycles. The molecule has 3 amide bonds. The molecule has 0 radical (unpaired) electrons. The lowest BCUT2D eigenvalue weighted by Gasteiger charge is -2.29. The molecule has 0 aliphatic carbocycles. The number of hydrazine groups is 1. The SMILES string of the molecule is CC(C)(C)OC(=O)NC(Cc1ccc(I)cc1)C(O)CNNC(=O)C(OC(N)=O)C(C)(C)C. The molecule has 0 bridgehead atoms. The number of ether oxygens (including phenoxy) is 2. The molecule has 3 atom stereocenters. The minimum absolute atomic E-state index is 0.0932. The number of aliphatic hydroxyl groups excluding tert-OH is 1. The zero-order valence-corrected chi connectivity index (χ0v) is 22.1. The molecular formula is C22H35IN4O6. The summed E-state index contributed by atoms with van der Waals surface area (Å²) in [7, 11) is 0. The molecule has 0 spiro atoms. The first-order valence-corrected chi connectivity index (χ1v) is 11.6. The number of hydrogen-bond donors (Lipinski definition) is 5. The average Bonchev–Trinajstić information content (AvgIpc) is 2.64. The Hall–Kier alpha value is -2.12. The quantitative estimate of drug-likeness (QED) is 0.223. The van der Waals surface area contributed by atoms with Crippen LogP contribution in [0.1, 0.15) is 47.1 Å². The van der Waals surface area contributed by atoms with Crippen LogP contribution in [0.4, 0.5) is 9.59 Å². The highest BCUT2D eigenvalue weighted by Gasteiger charge is 2.35. The molecule has 10 nitrogen and oxygen atoms in total. The first-order chi connectivity index (χ1) is 15.1. The van der Waals surface area contributed by atoms with Crippen molar-refractivity contribution in [2.45, 2.75) is 71.8 Å². The molecule has 0 heterocycles. The van der Waals surface area contributed by atoms with E-state index in [0.717, 1.165) is 9.13 Å². The van der Waals surface area contributed by atoms with Crippen molar-refractivity contribution in [2.75, 3.05) is 6.54 Å². The molecule has 3 unspecified atom stereocenters. The third-order valence-electron chi connectivity index (χ3n) is 4.32. The summed E-state index contributed by atoms with van der Waals surface area (Å²) in [5, 5.41) is 13.4. The van der Waals surface area contributed by atoms with Crippen LogP contribution in [0, 0.1) is 8.99 Å². The number of hydrogen-bond acceptors (Lipinski definition) is 7. The molecule has 1 rings (SSSR count). The van der Waals surface area contributed by atoms with Gasteiger partial charge in [0.2, 0.25) is 0 Å². The van der Waals surface area contributed by atoms with Gasteiger partial charge in [-0.2, -0.15) is 0 Å². The van der Waals surface area contributed by atoms with Crippen LogP contribution < -0.4 is 21.9 Å². The van der Waals surface area contributed by atoms with E-state index in [1.54, 1.807) is 41.5 Å². The fourth-order valence-electron chi connectivity index (χ4n) is 2.81. The van der Waals surface area contributed by atoms with E-state index in [2.05, 4.69) is 38.8 Å². The zero-order valence-electron chi connectivity index (χ0n) is 19.9. The molecule has 6 N–H and O–H groups in total. The normalized spacial score (nSPS) is 14.5. The molecule has 33 heavy (non-hydrogen) atoms.